The van der Waals surface area contributed by atoms with Crippen LogP contribution in [0.5, 0.6) is 0 Å². The Morgan fingerprint density at radius 2 is 1.86 bits per heavy atom. The van der Waals surface area contributed by atoms with Crippen molar-refractivity contribution in [1.29, 1.82) is 0 Å². The second-order valence-corrected chi connectivity index (χ2v) is 4.88. The highest BCUT2D eigenvalue weighted by molar-refractivity contribution is 4.92. The van der Waals surface area contributed by atoms with Gasteiger partial charge in [0, 0.05) is 12.6 Å². The van der Waals surface area contributed by atoms with E-state index in [2.05, 4.69) is 25.7 Å². The molecule has 0 aromatic rings. The van der Waals surface area contributed by atoms with Crippen molar-refractivity contribution in [3.05, 3.63) is 12.2 Å². The summed E-state index contributed by atoms with van der Waals surface area (Å²) in [6, 6.07) is 0.671. The molecule has 1 aliphatic carbocycles. The molecule has 0 aromatic heterocycles. The van der Waals surface area contributed by atoms with E-state index in [-0.39, 0.29) is 0 Å². The molecule has 1 nitrogen and oxygen atoms in total. The topological polar surface area (TPSA) is 12.0 Å². The lowest BCUT2D eigenvalue weighted by Gasteiger charge is -2.23. The Morgan fingerprint density at radius 3 is 2.36 bits per heavy atom. The van der Waals surface area contributed by atoms with Crippen LogP contribution in [0.25, 0.3) is 0 Å². The van der Waals surface area contributed by atoms with Crippen LogP contribution in [0.2, 0.25) is 0 Å². The summed E-state index contributed by atoms with van der Waals surface area (Å²) in [5.74, 6) is 0.900. The minimum atomic E-state index is 0.671. The highest BCUT2D eigenvalue weighted by atomic mass is 14.9. The van der Waals surface area contributed by atoms with Gasteiger partial charge in [-0.15, -0.1) is 0 Å². The van der Waals surface area contributed by atoms with Crippen LogP contribution in [0, 0.1) is 5.92 Å². The van der Waals surface area contributed by atoms with Crippen LogP contribution in [0.3, 0.4) is 0 Å². The summed E-state index contributed by atoms with van der Waals surface area (Å²) in [5.41, 5.74) is 1.24. The van der Waals surface area contributed by atoms with Crippen molar-refractivity contribution >= 4 is 0 Å². The molecule has 0 unspecified atom stereocenters. The van der Waals surface area contributed by atoms with Crippen LogP contribution in [-0.4, -0.2) is 12.6 Å². The monoisotopic (exact) mass is 195 g/mol. The van der Waals surface area contributed by atoms with E-state index >= 15 is 0 Å². The molecule has 0 amide bonds. The van der Waals surface area contributed by atoms with Crippen molar-refractivity contribution in [2.24, 2.45) is 5.92 Å². The SMILES string of the molecule is C=C(C)CN[C@@H](C)C1CCCCCC1. The van der Waals surface area contributed by atoms with Crippen LogP contribution in [-0.2, 0) is 0 Å². The molecule has 1 aliphatic rings. The van der Waals surface area contributed by atoms with E-state index in [1.54, 1.807) is 0 Å². The summed E-state index contributed by atoms with van der Waals surface area (Å²) in [5, 5.41) is 3.58. The summed E-state index contributed by atoms with van der Waals surface area (Å²) < 4.78 is 0. The van der Waals surface area contributed by atoms with Crippen LogP contribution >= 0.6 is 0 Å². The molecule has 82 valence electrons. The van der Waals surface area contributed by atoms with E-state index in [4.69, 9.17) is 0 Å². The first kappa shape index (κ1) is 11.8. The first-order valence-corrected chi connectivity index (χ1v) is 6.08. The number of rotatable bonds is 4. The van der Waals surface area contributed by atoms with Gasteiger partial charge < -0.3 is 5.32 Å². The van der Waals surface area contributed by atoms with E-state index < -0.39 is 0 Å². The van der Waals surface area contributed by atoms with Gasteiger partial charge in [0.2, 0.25) is 0 Å². The lowest BCUT2D eigenvalue weighted by atomic mass is 9.93. The highest BCUT2D eigenvalue weighted by Gasteiger charge is 2.17. The summed E-state index contributed by atoms with van der Waals surface area (Å²) in [6.07, 6.45) is 8.61. The maximum absolute atomic E-state index is 3.93. The molecule has 0 aromatic carbocycles. The number of nitrogens with one attached hydrogen (secondary N) is 1. The van der Waals surface area contributed by atoms with Crippen molar-refractivity contribution in [3.63, 3.8) is 0 Å². The average molecular weight is 195 g/mol. The van der Waals surface area contributed by atoms with Crippen LogP contribution in [0.4, 0.5) is 0 Å². The molecular formula is C13H25N. The van der Waals surface area contributed by atoms with E-state index in [0.717, 1.165) is 12.5 Å². The zero-order chi connectivity index (χ0) is 10.4. The number of hydrogen-bond donors (Lipinski definition) is 1. The first-order valence-electron chi connectivity index (χ1n) is 6.08. The molecule has 0 bridgehead atoms. The lowest BCUT2D eigenvalue weighted by molar-refractivity contribution is 0.345. The van der Waals surface area contributed by atoms with Gasteiger partial charge in [-0.2, -0.15) is 0 Å². The Balaban J connectivity index is 2.26. The van der Waals surface area contributed by atoms with E-state index in [1.807, 2.05) is 0 Å². The smallest absolute Gasteiger partial charge is 0.0161 e. The van der Waals surface area contributed by atoms with Crippen LogP contribution in [0.15, 0.2) is 12.2 Å². The Morgan fingerprint density at radius 1 is 1.29 bits per heavy atom. The quantitative estimate of drug-likeness (QED) is 0.534. The second kappa shape index (κ2) is 6.23. The lowest BCUT2D eigenvalue weighted by Crippen LogP contribution is -2.34. The van der Waals surface area contributed by atoms with Gasteiger partial charge in [-0.05, 0) is 32.6 Å². The predicted octanol–water partition coefficient (Wildman–Crippen LogP) is 3.51. The van der Waals surface area contributed by atoms with Gasteiger partial charge >= 0.3 is 0 Å². The second-order valence-electron chi connectivity index (χ2n) is 4.88. The third-order valence-electron chi connectivity index (χ3n) is 3.33. The average Bonchev–Trinajstić information content (AvgIpc) is 2.42. The van der Waals surface area contributed by atoms with Crippen molar-refractivity contribution < 1.29 is 0 Å². The van der Waals surface area contributed by atoms with E-state index in [9.17, 15) is 0 Å². The van der Waals surface area contributed by atoms with Gasteiger partial charge in [0.05, 0.1) is 0 Å². The minimum Gasteiger partial charge on any atom is -0.310 e. The van der Waals surface area contributed by atoms with Gasteiger partial charge in [0.15, 0.2) is 0 Å². The normalized spacial score (nSPS) is 21.6. The zero-order valence-corrected chi connectivity index (χ0v) is 9.81. The molecule has 1 N–H and O–H groups in total. The molecule has 1 saturated carbocycles. The Hall–Kier alpha value is -0.300. The number of hydrogen-bond acceptors (Lipinski definition) is 1. The molecule has 1 fully saturated rings. The molecule has 0 aliphatic heterocycles. The summed E-state index contributed by atoms with van der Waals surface area (Å²) in [7, 11) is 0. The Kier molecular flexibility index (Phi) is 5.24. The van der Waals surface area contributed by atoms with Gasteiger partial charge in [0.1, 0.15) is 0 Å². The summed E-state index contributed by atoms with van der Waals surface area (Å²) in [6.45, 7) is 9.33. The molecule has 1 heteroatoms. The third-order valence-corrected chi connectivity index (χ3v) is 3.33. The van der Waals surface area contributed by atoms with E-state index in [0.29, 0.717) is 6.04 Å². The molecule has 0 saturated heterocycles. The van der Waals surface area contributed by atoms with Crippen molar-refractivity contribution in [1.82, 2.24) is 5.32 Å². The van der Waals surface area contributed by atoms with Crippen LogP contribution in [0.1, 0.15) is 52.4 Å². The summed E-state index contributed by atoms with van der Waals surface area (Å²) >= 11 is 0. The maximum Gasteiger partial charge on any atom is 0.0161 e. The largest absolute Gasteiger partial charge is 0.310 e. The maximum atomic E-state index is 3.93. The summed E-state index contributed by atoms with van der Waals surface area (Å²) in [4.78, 5) is 0. The molecule has 14 heavy (non-hydrogen) atoms. The molecular weight excluding hydrogens is 170 g/mol. The van der Waals surface area contributed by atoms with Gasteiger partial charge in [0.25, 0.3) is 0 Å². The molecule has 1 atom stereocenters. The molecule has 0 spiro atoms. The van der Waals surface area contributed by atoms with Crippen molar-refractivity contribution in [2.45, 2.75) is 58.4 Å². The predicted molar refractivity (Wildman–Crippen MR) is 63.5 cm³/mol. The minimum absolute atomic E-state index is 0.671. The van der Waals surface area contributed by atoms with E-state index in [1.165, 1.54) is 44.1 Å². The standard InChI is InChI=1S/C13H25N/c1-11(2)10-14-12(3)13-8-6-4-5-7-9-13/h12-14H,1,4-10H2,2-3H3/t12-/m0/s1. The van der Waals surface area contributed by atoms with Gasteiger partial charge in [-0.3, -0.25) is 0 Å². The first-order chi connectivity index (χ1) is 6.70. The fourth-order valence-corrected chi connectivity index (χ4v) is 2.31. The molecule has 0 heterocycles. The third kappa shape index (κ3) is 4.28. The van der Waals surface area contributed by atoms with Crippen molar-refractivity contribution in [3.8, 4) is 0 Å². The fourth-order valence-electron chi connectivity index (χ4n) is 2.31. The molecule has 1 rings (SSSR count). The Labute approximate surface area is 89.0 Å². The fraction of sp³-hybridized carbons (Fsp3) is 0.846. The Bertz CT molecular complexity index is 166. The van der Waals surface area contributed by atoms with Crippen LogP contribution < -0.4 is 5.32 Å². The van der Waals surface area contributed by atoms with Crippen molar-refractivity contribution in [2.75, 3.05) is 6.54 Å². The van der Waals surface area contributed by atoms with Gasteiger partial charge in [-0.25, -0.2) is 0 Å². The van der Waals surface area contributed by atoms with Gasteiger partial charge in [-0.1, -0.05) is 37.8 Å². The highest BCUT2D eigenvalue weighted by Crippen LogP contribution is 2.25. The molecule has 0 radical (unpaired) electrons. The zero-order valence-electron chi connectivity index (χ0n) is 9.81.